The number of nitrogens with one attached hydrogen (secondary N) is 2. The highest BCUT2D eigenvalue weighted by molar-refractivity contribution is 8.93. The maximum absolute atomic E-state index is 5.98. The maximum Gasteiger partial charge on any atom is 0.183 e. The van der Waals surface area contributed by atoms with Gasteiger partial charge in [-0.2, -0.15) is 0 Å². The second kappa shape index (κ2) is 18.3. The third kappa shape index (κ3) is 10.6. The first-order valence-electron chi connectivity index (χ1n) is 11.6. The summed E-state index contributed by atoms with van der Waals surface area (Å²) >= 11 is 3.53. The molecule has 2 heterocycles. The summed E-state index contributed by atoms with van der Waals surface area (Å²) in [5.74, 6) is 0. The fourth-order valence-corrected chi connectivity index (χ4v) is 6.18. The van der Waals surface area contributed by atoms with Gasteiger partial charge in [-0.25, -0.2) is 9.97 Å². The number of fused-ring (bicyclic) bond motifs is 2. The number of nitrogens with two attached hydrogens (primary N) is 2. The van der Waals surface area contributed by atoms with E-state index in [4.69, 9.17) is 11.5 Å². The van der Waals surface area contributed by atoms with Crippen LogP contribution < -0.4 is 22.1 Å². The topological polar surface area (TPSA) is 102 Å². The van der Waals surface area contributed by atoms with Crippen LogP contribution >= 0.6 is 90.6 Å². The van der Waals surface area contributed by atoms with Crippen LogP contribution in [0.1, 0.15) is 52.9 Å². The standard InChI is InChI=1S/C14H17N3S.C10H17N3S.4BrH/c15-11-6-7-12-13(8-11)18-14(17-12)16-9-10-4-2-1-3-5-10;1-2-5-12-10-13-8-4-3-7(11)6-9(8)14-10;;;;/h1-5,11H,6-9,15H2,(H,16,17);7H,2-6,11H2,1H3,(H,12,13);4*1H. The number of halogens is 4. The summed E-state index contributed by atoms with van der Waals surface area (Å²) in [5.41, 5.74) is 15.7. The summed E-state index contributed by atoms with van der Waals surface area (Å²) in [6.07, 6.45) is 7.38. The number of anilines is 2. The van der Waals surface area contributed by atoms with E-state index in [0.717, 1.165) is 68.3 Å². The summed E-state index contributed by atoms with van der Waals surface area (Å²) in [6.45, 7) is 4.01. The number of benzene rings is 1. The van der Waals surface area contributed by atoms with E-state index in [2.05, 4.69) is 51.8 Å². The molecule has 0 amide bonds. The van der Waals surface area contributed by atoms with Crippen molar-refractivity contribution >= 4 is 101 Å². The van der Waals surface area contributed by atoms with Crippen LogP contribution in [0.25, 0.3) is 0 Å². The summed E-state index contributed by atoms with van der Waals surface area (Å²) < 4.78 is 0. The Morgan fingerprint density at radius 1 is 0.806 bits per heavy atom. The monoisotopic (exact) mass is 790 g/mol. The molecule has 0 saturated heterocycles. The summed E-state index contributed by atoms with van der Waals surface area (Å²) in [7, 11) is 0. The minimum Gasteiger partial charge on any atom is -0.362 e. The molecule has 0 aliphatic heterocycles. The molecule has 0 radical (unpaired) electrons. The van der Waals surface area contributed by atoms with Gasteiger partial charge in [-0.05, 0) is 50.5 Å². The smallest absolute Gasteiger partial charge is 0.183 e. The van der Waals surface area contributed by atoms with E-state index in [1.807, 2.05) is 6.07 Å². The zero-order valence-electron chi connectivity index (χ0n) is 20.4. The van der Waals surface area contributed by atoms with Gasteiger partial charge >= 0.3 is 0 Å². The molecule has 2 aliphatic rings. The number of hydrogen-bond donors (Lipinski definition) is 4. The van der Waals surface area contributed by atoms with Gasteiger partial charge < -0.3 is 22.1 Å². The average molecular weight is 794 g/mol. The van der Waals surface area contributed by atoms with Crippen LogP contribution in [-0.4, -0.2) is 28.6 Å². The van der Waals surface area contributed by atoms with Gasteiger partial charge in [0.25, 0.3) is 0 Å². The maximum atomic E-state index is 5.98. The zero-order valence-corrected chi connectivity index (χ0v) is 28.9. The molecule has 2 unspecified atom stereocenters. The summed E-state index contributed by atoms with van der Waals surface area (Å²) in [4.78, 5) is 12.0. The Hall–Kier alpha value is -0.0800. The van der Waals surface area contributed by atoms with Crippen molar-refractivity contribution in [2.75, 3.05) is 17.2 Å². The number of aryl methyl sites for hydroxylation is 2. The molecule has 3 aromatic rings. The molecule has 0 spiro atoms. The lowest BCUT2D eigenvalue weighted by molar-refractivity contribution is 0.576. The molecule has 0 fully saturated rings. The molecule has 2 aliphatic carbocycles. The second-order valence-electron chi connectivity index (χ2n) is 8.55. The van der Waals surface area contributed by atoms with Gasteiger partial charge in [0.15, 0.2) is 10.3 Å². The lowest BCUT2D eigenvalue weighted by atomic mass is 9.99. The van der Waals surface area contributed by atoms with Crippen LogP contribution in [-0.2, 0) is 32.2 Å². The first kappa shape index (κ1) is 35.9. The molecule has 2 atom stereocenters. The lowest BCUT2D eigenvalue weighted by Crippen LogP contribution is -2.27. The Morgan fingerprint density at radius 2 is 1.31 bits per heavy atom. The first-order valence-corrected chi connectivity index (χ1v) is 13.2. The van der Waals surface area contributed by atoms with Crippen LogP contribution in [0.5, 0.6) is 0 Å². The van der Waals surface area contributed by atoms with Gasteiger partial charge in [-0.1, -0.05) is 37.3 Å². The molecule has 36 heavy (non-hydrogen) atoms. The highest BCUT2D eigenvalue weighted by atomic mass is 79.9. The van der Waals surface area contributed by atoms with Gasteiger partial charge in [0.05, 0.1) is 11.4 Å². The highest BCUT2D eigenvalue weighted by Crippen LogP contribution is 2.30. The van der Waals surface area contributed by atoms with E-state index in [-0.39, 0.29) is 67.9 Å². The van der Waals surface area contributed by atoms with E-state index in [1.54, 1.807) is 22.7 Å². The van der Waals surface area contributed by atoms with Crippen LogP contribution in [0.4, 0.5) is 10.3 Å². The fraction of sp³-hybridized carbons (Fsp3) is 0.500. The van der Waals surface area contributed by atoms with Crippen molar-refractivity contribution in [2.45, 2.75) is 70.5 Å². The molecule has 6 nitrogen and oxygen atoms in total. The van der Waals surface area contributed by atoms with Crippen molar-refractivity contribution in [1.29, 1.82) is 0 Å². The van der Waals surface area contributed by atoms with Crippen molar-refractivity contribution in [3.63, 3.8) is 0 Å². The van der Waals surface area contributed by atoms with Crippen molar-refractivity contribution in [3.05, 3.63) is 57.0 Å². The zero-order chi connectivity index (χ0) is 22.3. The second-order valence-corrected chi connectivity index (χ2v) is 10.7. The molecule has 2 aromatic heterocycles. The number of thiazole rings is 2. The number of nitrogens with zero attached hydrogens (tertiary/aromatic N) is 2. The van der Waals surface area contributed by atoms with Crippen molar-refractivity contribution in [2.24, 2.45) is 11.5 Å². The molecule has 5 rings (SSSR count). The van der Waals surface area contributed by atoms with Gasteiger partial charge in [-0.15, -0.1) is 90.6 Å². The molecular weight excluding hydrogens is 756 g/mol. The molecule has 204 valence electrons. The quantitative estimate of drug-likeness (QED) is 0.223. The summed E-state index contributed by atoms with van der Waals surface area (Å²) in [5, 5.41) is 8.83. The normalized spacial score (nSPS) is 17.2. The fourth-order valence-electron chi connectivity index (χ4n) is 3.96. The Bertz CT molecular complexity index is 1000. The number of hydrogen-bond acceptors (Lipinski definition) is 8. The van der Waals surface area contributed by atoms with Gasteiger partial charge in [-0.3, -0.25) is 0 Å². The molecule has 12 heteroatoms. The predicted octanol–water partition coefficient (Wildman–Crippen LogP) is 6.66. The lowest BCUT2D eigenvalue weighted by Gasteiger charge is -2.15. The van der Waals surface area contributed by atoms with Gasteiger partial charge in [0.1, 0.15) is 0 Å². The van der Waals surface area contributed by atoms with E-state index in [0.29, 0.717) is 12.1 Å². The van der Waals surface area contributed by atoms with Gasteiger partial charge in [0.2, 0.25) is 0 Å². The molecular formula is C24H38Br4N6S2. The predicted molar refractivity (Wildman–Crippen MR) is 178 cm³/mol. The Labute approximate surface area is 264 Å². The number of rotatable bonds is 6. The molecule has 6 N–H and O–H groups in total. The van der Waals surface area contributed by atoms with E-state index < -0.39 is 0 Å². The van der Waals surface area contributed by atoms with Crippen molar-refractivity contribution in [3.8, 4) is 0 Å². The first-order chi connectivity index (χ1) is 15.6. The van der Waals surface area contributed by atoms with Crippen LogP contribution in [0, 0.1) is 0 Å². The van der Waals surface area contributed by atoms with E-state index in [9.17, 15) is 0 Å². The Balaban J connectivity index is 0.000000628. The van der Waals surface area contributed by atoms with Crippen LogP contribution in [0.2, 0.25) is 0 Å². The third-order valence-corrected chi connectivity index (χ3v) is 7.92. The third-order valence-electron chi connectivity index (χ3n) is 5.77. The molecule has 0 bridgehead atoms. The SMILES string of the molecule is Br.Br.Br.Br.CCCNc1nc2c(s1)CC(N)CC2.NC1CCc2nc(NCc3ccccc3)sc2C1. The largest absolute Gasteiger partial charge is 0.362 e. The Morgan fingerprint density at radius 3 is 1.81 bits per heavy atom. The van der Waals surface area contributed by atoms with E-state index >= 15 is 0 Å². The minimum absolute atomic E-state index is 0. The van der Waals surface area contributed by atoms with Crippen LogP contribution in [0.3, 0.4) is 0 Å². The van der Waals surface area contributed by atoms with Crippen molar-refractivity contribution in [1.82, 2.24) is 9.97 Å². The van der Waals surface area contributed by atoms with Gasteiger partial charge in [0, 0.05) is 34.9 Å². The Kier molecular flexibility index (Phi) is 18.2. The minimum atomic E-state index is 0. The number of aromatic nitrogens is 2. The van der Waals surface area contributed by atoms with Crippen molar-refractivity contribution < 1.29 is 0 Å². The molecule has 1 aromatic carbocycles. The van der Waals surface area contributed by atoms with Crippen LogP contribution in [0.15, 0.2) is 30.3 Å². The van der Waals surface area contributed by atoms with E-state index in [1.165, 1.54) is 26.7 Å². The highest BCUT2D eigenvalue weighted by Gasteiger charge is 2.20. The summed E-state index contributed by atoms with van der Waals surface area (Å²) in [6, 6.07) is 11.1. The molecule has 0 saturated carbocycles. The average Bonchev–Trinajstić information content (AvgIpc) is 3.40.